The lowest BCUT2D eigenvalue weighted by Gasteiger charge is -2.44. The molecule has 3 N–H and O–H groups in total. The van der Waals surface area contributed by atoms with Crippen molar-refractivity contribution in [3.8, 4) is 11.1 Å². The first-order chi connectivity index (χ1) is 19.8. The van der Waals surface area contributed by atoms with Crippen molar-refractivity contribution in [1.29, 1.82) is 0 Å². The third-order valence-corrected chi connectivity index (χ3v) is 8.38. The van der Waals surface area contributed by atoms with Gasteiger partial charge in [-0.15, -0.1) is 0 Å². The number of likely N-dealkylation sites (tertiary alicyclic amines) is 1. The zero-order valence-electron chi connectivity index (χ0n) is 23.7. The highest BCUT2D eigenvalue weighted by Gasteiger charge is 2.43. The fourth-order valence-electron chi connectivity index (χ4n) is 5.79. The number of aliphatic hydroxyl groups excluding tert-OH is 1. The molecule has 4 rings (SSSR count). The molecule has 0 aliphatic carbocycles. The van der Waals surface area contributed by atoms with Gasteiger partial charge in [0.15, 0.2) is 0 Å². The van der Waals surface area contributed by atoms with Crippen LogP contribution in [0.3, 0.4) is 0 Å². The van der Waals surface area contributed by atoms with E-state index in [0.717, 1.165) is 41.5 Å². The predicted octanol–water partition coefficient (Wildman–Crippen LogP) is 5.94. The van der Waals surface area contributed by atoms with Crippen molar-refractivity contribution in [2.45, 2.75) is 51.2 Å². The maximum atomic E-state index is 13.5. The Kier molecular flexibility index (Phi) is 10.4. The van der Waals surface area contributed by atoms with Crippen molar-refractivity contribution in [3.63, 3.8) is 0 Å². The molecule has 2 amide bonds. The maximum absolute atomic E-state index is 13.5. The summed E-state index contributed by atoms with van der Waals surface area (Å²) in [6, 6.07) is 20.8. The number of hydrogen-bond acceptors (Lipinski definition) is 5. The number of nitrogens with one attached hydrogen (secondary N) is 1. The summed E-state index contributed by atoms with van der Waals surface area (Å²) in [6.07, 6.45) is 2.69. The molecule has 3 aromatic carbocycles. The highest BCUT2D eigenvalue weighted by molar-refractivity contribution is 6.33. The summed E-state index contributed by atoms with van der Waals surface area (Å²) in [7, 11) is 1.32. The number of carbonyl (C=O) groups excluding carboxylic acids is 2. The average Bonchev–Trinajstić information content (AvgIpc) is 3.02. The summed E-state index contributed by atoms with van der Waals surface area (Å²) < 4.78 is 4.71. The van der Waals surface area contributed by atoms with Gasteiger partial charge >= 0.3 is 6.09 Å². The van der Waals surface area contributed by atoms with Crippen LogP contribution >= 0.6 is 11.6 Å². The number of amides is 2. The van der Waals surface area contributed by atoms with Crippen molar-refractivity contribution < 1.29 is 24.5 Å². The van der Waals surface area contributed by atoms with Crippen LogP contribution in [0.2, 0.25) is 5.02 Å². The number of alkyl carbamates (subject to hydrolysis) is 1. The number of rotatable bonds is 10. The van der Waals surface area contributed by atoms with Crippen LogP contribution in [0.15, 0.2) is 66.7 Å². The van der Waals surface area contributed by atoms with Gasteiger partial charge in [0, 0.05) is 41.7 Å². The molecule has 0 saturated carbocycles. The third-order valence-electron chi connectivity index (χ3n) is 8.06. The predicted molar refractivity (Wildman–Crippen MR) is 161 cm³/mol. The Morgan fingerprint density at radius 1 is 1.10 bits per heavy atom. The molecule has 7 nitrogen and oxygen atoms in total. The second-order valence-electron chi connectivity index (χ2n) is 10.6. The van der Waals surface area contributed by atoms with E-state index in [1.807, 2.05) is 35.2 Å². The second-order valence-corrected chi connectivity index (χ2v) is 11.0. The molecule has 0 bridgehead atoms. The quantitative estimate of drug-likeness (QED) is 0.259. The number of aliphatic hydroxyl groups is 2. The number of carbonyl (C=O) groups is 2. The molecule has 218 valence electrons. The Labute approximate surface area is 247 Å². The van der Waals surface area contributed by atoms with E-state index >= 15 is 0 Å². The molecule has 1 heterocycles. The lowest BCUT2D eigenvalue weighted by molar-refractivity contribution is -0.0563. The Morgan fingerprint density at radius 3 is 2.56 bits per heavy atom. The van der Waals surface area contributed by atoms with Crippen LogP contribution in [0.4, 0.5) is 4.79 Å². The zero-order chi connectivity index (χ0) is 29.4. The minimum atomic E-state index is -1.32. The highest BCUT2D eigenvalue weighted by atomic mass is 35.5. The summed E-state index contributed by atoms with van der Waals surface area (Å²) in [5, 5.41) is 25.3. The summed E-state index contributed by atoms with van der Waals surface area (Å²) >= 11 is 6.84. The lowest BCUT2D eigenvalue weighted by atomic mass is 9.72. The van der Waals surface area contributed by atoms with Crippen LogP contribution in [-0.4, -0.2) is 53.9 Å². The minimum Gasteiger partial charge on any atom is -0.453 e. The monoisotopic (exact) mass is 578 g/mol. The molecule has 0 spiro atoms. The van der Waals surface area contributed by atoms with Gasteiger partial charge in [0.2, 0.25) is 0 Å². The molecule has 0 radical (unpaired) electrons. The number of aryl methyl sites for hydroxylation is 1. The number of halogens is 1. The summed E-state index contributed by atoms with van der Waals surface area (Å²) in [6.45, 7) is 3.33. The van der Waals surface area contributed by atoms with Gasteiger partial charge in [-0.2, -0.15) is 0 Å². The fourth-order valence-corrected chi connectivity index (χ4v) is 6.07. The fraction of sp³-hybridized carbons (Fsp3) is 0.394. The second kappa shape index (κ2) is 14.0. The van der Waals surface area contributed by atoms with E-state index in [1.165, 1.54) is 12.7 Å². The lowest BCUT2D eigenvalue weighted by Crippen LogP contribution is -2.48. The number of piperidine rings is 1. The van der Waals surface area contributed by atoms with Gasteiger partial charge in [-0.3, -0.25) is 4.79 Å². The van der Waals surface area contributed by atoms with Crippen molar-refractivity contribution >= 4 is 23.6 Å². The molecule has 1 saturated heterocycles. The number of benzene rings is 3. The Balaban J connectivity index is 1.70. The van der Waals surface area contributed by atoms with E-state index in [1.54, 1.807) is 24.3 Å². The first-order valence-corrected chi connectivity index (χ1v) is 14.6. The molecule has 41 heavy (non-hydrogen) atoms. The summed E-state index contributed by atoms with van der Waals surface area (Å²) in [5.74, 6) is -0.363. The first-order valence-electron chi connectivity index (χ1n) is 14.2. The highest BCUT2D eigenvalue weighted by Crippen LogP contribution is 2.45. The van der Waals surface area contributed by atoms with Crippen molar-refractivity contribution in [1.82, 2.24) is 10.2 Å². The standard InChI is InChI=1S/C33H39ClN2O5/c1-3-23-8-4-9-26(20-23)30-28(11-5-12-29(30)34)33(40,17-7-18-35-32(39)41-2)27-10-6-19-36(21-27)31(38)25-15-13-24(22-37)14-16-25/h4-5,8-9,11-16,20,27,37,40H,3,6-7,10,17-19,21-22H2,1-2H3,(H,35,39)/t27-,33?/m1/s1. The summed E-state index contributed by atoms with van der Waals surface area (Å²) in [5.41, 5.74) is 3.59. The van der Waals surface area contributed by atoms with Crippen LogP contribution in [-0.2, 0) is 23.4 Å². The number of hydrogen-bond donors (Lipinski definition) is 3. The molecule has 1 fully saturated rings. The van der Waals surface area contributed by atoms with Crippen molar-refractivity contribution in [3.05, 3.63) is 94.0 Å². The van der Waals surface area contributed by atoms with Crippen molar-refractivity contribution in [2.75, 3.05) is 26.7 Å². The van der Waals surface area contributed by atoms with Crippen LogP contribution in [0.1, 0.15) is 59.7 Å². The topological polar surface area (TPSA) is 99.1 Å². The van der Waals surface area contributed by atoms with Crippen LogP contribution in [0.5, 0.6) is 0 Å². The Hall–Kier alpha value is -3.39. The van der Waals surface area contributed by atoms with Crippen molar-refractivity contribution in [2.24, 2.45) is 5.92 Å². The molecule has 0 aromatic heterocycles. The van der Waals surface area contributed by atoms with Gasteiger partial charge < -0.3 is 25.2 Å². The molecule has 1 aliphatic heterocycles. The SMILES string of the molecule is CCc1cccc(-c2c(Cl)cccc2C(O)(CCCNC(=O)OC)[C@@H]2CCCN(C(=O)c3ccc(CO)cc3)C2)c1. The molecule has 8 heteroatoms. The van der Waals surface area contributed by atoms with E-state index in [-0.39, 0.29) is 18.4 Å². The number of ether oxygens (including phenoxy) is 1. The van der Waals surface area contributed by atoms with Gasteiger partial charge in [-0.1, -0.05) is 67.1 Å². The molecular formula is C33H39ClN2O5. The minimum absolute atomic E-state index is 0.0821. The Morgan fingerprint density at radius 2 is 1.85 bits per heavy atom. The van der Waals surface area contributed by atoms with Crippen LogP contribution in [0.25, 0.3) is 11.1 Å². The van der Waals surface area contributed by atoms with Gasteiger partial charge in [0.25, 0.3) is 5.91 Å². The smallest absolute Gasteiger partial charge is 0.406 e. The van der Waals surface area contributed by atoms with Crippen LogP contribution in [0, 0.1) is 5.92 Å². The van der Waals surface area contributed by atoms with E-state index < -0.39 is 11.7 Å². The van der Waals surface area contributed by atoms with Gasteiger partial charge in [0.1, 0.15) is 0 Å². The average molecular weight is 579 g/mol. The molecule has 3 aromatic rings. The normalized spacial score (nSPS) is 16.6. The number of nitrogens with zero attached hydrogens (tertiary/aromatic N) is 1. The molecule has 1 aliphatic rings. The third kappa shape index (κ3) is 7.10. The maximum Gasteiger partial charge on any atom is 0.406 e. The van der Waals surface area contributed by atoms with Gasteiger partial charge in [0.05, 0.1) is 19.3 Å². The van der Waals surface area contributed by atoms with E-state index in [4.69, 9.17) is 16.3 Å². The zero-order valence-corrected chi connectivity index (χ0v) is 24.5. The first kappa shape index (κ1) is 30.6. The van der Waals surface area contributed by atoms with Gasteiger partial charge in [-0.25, -0.2) is 4.79 Å². The number of methoxy groups -OCH3 is 1. The van der Waals surface area contributed by atoms with Crippen LogP contribution < -0.4 is 5.32 Å². The molecule has 2 atom stereocenters. The van der Waals surface area contributed by atoms with E-state index in [0.29, 0.717) is 43.1 Å². The van der Waals surface area contributed by atoms with E-state index in [2.05, 4.69) is 24.4 Å². The summed E-state index contributed by atoms with van der Waals surface area (Å²) in [4.78, 5) is 27.0. The largest absolute Gasteiger partial charge is 0.453 e. The Bertz CT molecular complexity index is 1350. The van der Waals surface area contributed by atoms with Gasteiger partial charge in [-0.05, 0) is 72.6 Å². The molecular weight excluding hydrogens is 540 g/mol. The molecule has 1 unspecified atom stereocenters. The van der Waals surface area contributed by atoms with E-state index in [9.17, 15) is 19.8 Å².